The van der Waals surface area contributed by atoms with Crippen LogP contribution in [0.2, 0.25) is 0 Å². The van der Waals surface area contributed by atoms with Crippen LogP contribution in [0, 0.1) is 5.92 Å². The van der Waals surface area contributed by atoms with Gasteiger partial charge in [-0.15, -0.1) is 0 Å². The summed E-state index contributed by atoms with van der Waals surface area (Å²) in [6.07, 6.45) is -0.628. The van der Waals surface area contributed by atoms with Crippen LogP contribution in [0.5, 0.6) is 17.2 Å². The molecular formula is C30H34N4O8S. The maximum Gasteiger partial charge on any atom is 0.323 e. The summed E-state index contributed by atoms with van der Waals surface area (Å²) in [5, 5.41) is 15.4. The van der Waals surface area contributed by atoms with E-state index in [1.165, 1.54) is 29.6 Å². The Bertz CT molecular complexity index is 1600. The zero-order chi connectivity index (χ0) is 30.7. The van der Waals surface area contributed by atoms with Crippen molar-refractivity contribution in [2.45, 2.75) is 30.9 Å². The van der Waals surface area contributed by atoms with Crippen LogP contribution in [-0.4, -0.2) is 80.4 Å². The fourth-order valence-corrected chi connectivity index (χ4v) is 6.11. The number of nitrogens with one attached hydrogen (secondary N) is 2. The molecule has 0 saturated carbocycles. The van der Waals surface area contributed by atoms with Crippen LogP contribution in [0.15, 0.2) is 71.6 Å². The van der Waals surface area contributed by atoms with Crippen LogP contribution >= 0.6 is 0 Å². The van der Waals surface area contributed by atoms with Crippen molar-refractivity contribution in [2.24, 2.45) is 5.92 Å². The lowest BCUT2D eigenvalue weighted by atomic mass is 9.99. The Morgan fingerprint density at radius 2 is 1.67 bits per heavy atom. The van der Waals surface area contributed by atoms with Crippen LogP contribution in [0.3, 0.4) is 0 Å². The quantitative estimate of drug-likeness (QED) is 0.351. The number of nitrogens with zero attached hydrogens (tertiary/aromatic N) is 2. The molecule has 3 atom stereocenters. The second-order valence-electron chi connectivity index (χ2n) is 10.6. The Kier molecular flexibility index (Phi) is 8.76. The highest BCUT2D eigenvalue weighted by atomic mass is 32.2. The molecule has 228 valence electrons. The lowest BCUT2D eigenvalue weighted by Gasteiger charge is -2.38. The highest BCUT2D eigenvalue weighted by Gasteiger charge is 2.35. The Morgan fingerprint density at radius 1 is 1.02 bits per heavy atom. The van der Waals surface area contributed by atoms with E-state index in [1.807, 2.05) is 6.92 Å². The van der Waals surface area contributed by atoms with Crippen LogP contribution in [-0.2, 0) is 10.0 Å². The molecule has 5 rings (SSSR count). The molecule has 0 spiro atoms. The Balaban J connectivity index is 1.38. The van der Waals surface area contributed by atoms with Gasteiger partial charge in [-0.2, -0.15) is 4.31 Å². The number of anilines is 2. The highest BCUT2D eigenvalue weighted by molar-refractivity contribution is 7.89. The van der Waals surface area contributed by atoms with Crippen molar-refractivity contribution in [3.63, 3.8) is 0 Å². The van der Waals surface area contributed by atoms with Gasteiger partial charge in [0.15, 0.2) is 11.5 Å². The third-order valence-electron chi connectivity index (χ3n) is 7.44. The summed E-state index contributed by atoms with van der Waals surface area (Å²) in [7, 11) is -2.30. The lowest BCUT2D eigenvalue weighted by molar-refractivity contribution is 0.0387. The highest BCUT2D eigenvalue weighted by Crippen LogP contribution is 2.35. The van der Waals surface area contributed by atoms with E-state index in [9.17, 15) is 23.1 Å². The number of hydrogen-bond donors (Lipinski definition) is 3. The number of aliphatic hydroxyl groups excluding tert-OH is 1. The Labute approximate surface area is 250 Å². The van der Waals surface area contributed by atoms with Gasteiger partial charge in [-0.1, -0.05) is 25.1 Å². The smallest absolute Gasteiger partial charge is 0.323 e. The number of ether oxygens (including phenoxy) is 3. The minimum absolute atomic E-state index is 0.0192. The van der Waals surface area contributed by atoms with Gasteiger partial charge in [0.05, 0.1) is 29.7 Å². The number of amides is 3. The molecule has 13 heteroatoms. The first-order chi connectivity index (χ1) is 20.6. The van der Waals surface area contributed by atoms with Crippen molar-refractivity contribution in [3.05, 3.63) is 72.3 Å². The van der Waals surface area contributed by atoms with E-state index >= 15 is 0 Å². The van der Waals surface area contributed by atoms with Crippen LogP contribution < -0.4 is 24.8 Å². The molecule has 3 aromatic rings. The second kappa shape index (κ2) is 12.5. The second-order valence-corrected chi connectivity index (χ2v) is 12.6. The number of likely N-dealkylation sites (N-methyl/N-ethyl adjacent to an activating group) is 1. The molecule has 2 aliphatic rings. The maximum absolute atomic E-state index is 13.7. The number of sulfonamides is 1. The normalized spacial score (nSPS) is 18.7. The topological polar surface area (TPSA) is 147 Å². The van der Waals surface area contributed by atoms with Gasteiger partial charge < -0.3 is 34.9 Å². The first-order valence-electron chi connectivity index (χ1n) is 13.8. The van der Waals surface area contributed by atoms with Gasteiger partial charge in [-0.25, -0.2) is 13.2 Å². The van der Waals surface area contributed by atoms with Crippen LogP contribution in [0.4, 0.5) is 16.2 Å². The number of fused-ring (bicyclic) bond motifs is 2. The molecule has 3 aromatic carbocycles. The average Bonchev–Trinajstić information content (AvgIpc) is 3.47. The number of urea groups is 1. The summed E-state index contributed by atoms with van der Waals surface area (Å²) in [6, 6.07) is 16.8. The molecule has 3 amide bonds. The minimum atomic E-state index is -3.79. The van der Waals surface area contributed by atoms with Crippen LogP contribution in [0.1, 0.15) is 24.2 Å². The standard InChI is InChI=1S/C30H34N4O8S/c1-19-15-34(20(2)17-35)29(36)24-13-21(31-30(37)32-22-10-12-26-27(14-22)41-18-40-26)9-11-25(24)42-28(19)16-33(3)43(38,39)23-7-5-4-6-8-23/h4-14,19-20,28,35H,15-18H2,1-3H3,(H2,31,32,37)/t19-,20-,28+/m1/s1. The monoisotopic (exact) mass is 610 g/mol. The van der Waals surface area contributed by atoms with Gasteiger partial charge in [0.2, 0.25) is 16.8 Å². The summed E-state index contributed by atoms with van der Waals surface area (Å²) >= 11 is 0. The van der Waals surface area contributed by atoms with E-state index in [-0.39, 0.29) is 54.5 Å². The first-order valence-corrected chi connectivity index (χ1v) is 15.2. The Morgan fingerprint density at radius 3 is 2.37 bits per heavy atom. The number of carbonyl (C=O) groups is 2. The molecule has 0 saturated heterocycles. The molecule has 43 heavy (non-hydrogen) atoms. The summed E-state index contributed by atoms with van der Waals surface area (Å²) in [4.78, 5) is 28.2. The predicted octanol–water partition coefficient (Wildman–Crippen LogP) is 3.60. The molecule has 2 aliphatic heterocycles. The molecule has 12 nitrogen and oxygen atoms in total. The number of rotatable bonds is 8. The van der Waals surface area contributed by atoms with Crippen LogP contribution in [0.25, 0.3) is 0 Å². The van der Waals surface area contributed by atoms with Gasteiger partial charge in [-0.05, 0) is 49.4 Å². The molecule has 3 N–H and O–H groups in total. The summed E-state index contributed by atoms with van der Waals surface area (Å²) in [5.74, 6) is 0.677. The van der Waals surface area contributed by atoms with E-state index in [4.69, 9.17) is 14.2 Å². The van der Waals surface area contributed by atoms with Crippen molar-refractivity contribution in [1.82, 2.24) is 9.21 Å². The first kappa shape index (κ1) is 30.1. The van der Waals surface area contributed by atoms with E-state index in [0.717, 1.165) is 0 Å². The number of carbonyl (C=O) groups excluding carboxylic acids is 2. The fourth-order valence-electron chi connectivity index (χ4n) is 4.91. The van der Waals surface area contributed by atoms with E-state index in [0.29, 0.717) is 22.9 Å². The van der Waals surface area contributed by atoms with Gasteiger partial charge in [-0.3, -0.25) is 4.79 Å². The fraction of sp³-hybridized carbons (Fsp3) is 0.333. The minimum Gasteiger partial charge on any atom is -0.488 e. The molecule has 0 aromatic heterocycles. The van der Waals surface area contributed by atoms with Gasteiger partial charge >= 0.3 is 6.03 Å². The van der Waals surface area contributed by atoms with Gasteiger partial charge in [0.1, 0.15) is 11.9 Å². The van der Waals surface area contributed by atoms with E-state index < -0.39 is 28.2 Å². The third kappa shape index (κ3) is 6.53. The largest absolute Gasteiger partial charge is 0.488 e. The molecule has 0 radical (unpaired) electrons. The number of hydrogen-bond acceptors (Lipinski definition) is 8. The third-order valence-corrected chi connectivity index (χ3v) is 9.28. The predicted molar refractivity (Wildman–Crippen MR) is 159 cm³/mol. The summed E-state index contributed by atoms with van der Waals surface area (Å²) in [6.45, 7) is 3.68. The van der Waals surface area contributed by atoms with Gasteiger partial charge in [0.25, 0.3) is 5.91 Å². The maximum atomic E-state index is 13.7. The SMILES string of the molecule is C[C@@H]1CN([C@H](C)CO)C(=O)c2cc(NC(=O)Nc3ccc4c(c3)OCO4)ccc2O[C@H]1CN(C)S(=O)(=O)c1ccccc1. The molecule has 0 unspecified atom stereocenters. The number of benzene rings is 3. The van der Waals surface area contributed by atoms with Crippen molar-refractivity contribution >= 4 is 33.3 Å². The molecule has 0 aliphatic carbocycles. The molecule has 0 bridgehead atoms. The molecule has 2 heterocycles. The van der Waals surface area contributed by atoms with Crippen molar-refractivity contribution in [2.75, 3.05) is 44.2 Å². The van der Waals surface area contributed by atoms with Crippen molar-refractivity contribution < 1.29 is 37.3 Å². The number of aliphatic hydroxyl groups is 1. The lowest BCUT2D eigenvalue weighted by Crippen LogP contribution is -2.50. The zero-order valence-corrected chi connectivity index (χ0v) is 24.8. The summed E-state index contributed by atoms with van der Waals surface area (Å²) in [5.41, 5.74) is 0.993. The Hall–Kier alpha value is -4.33. The molecule has 0 fully saturated rings. The zero-order valence-electron chi connectivity index (χ0n) is 24.0. The van der Waals surface area contributed by atoms with Crippen molar-refractivity contribution in [1.29, 1.82) is 0 Å². The van der Waals surface area contributed by atoms with E-state index in [1.54, 1.807) is 60.4 Å². The average molecular weight is 611 g/mol. The van der Waals surface area contributed by atoms with Gasteiger partial charge in [0, 0.05) is 37.0 Å². The molecular weight excluding hydrogens is 576 g/mol. The summed E-state index contributed by atoms with van der Waals surface area (Å²) < 4.78 is 44.7. The van der Waals surface area contributed by atoms with E-state index in [2.05, 4.69) is 10.6 Å². The van der Waals surface area contributed by atoms with Crippen molar-refractivity contribution in [3.8, 4) is 17.2 Å².